The van der Waals surface area contributed by atoms with Crippen molar-refractivity contribution in [3.05, 3.63) is 54.7 Å². The minimum absolute atomic E-state index is 0.110. The van der Waals surface area contributed by atoms with E-state index >= 15 is 0 Å². The Morgan fingerprint density at radius 2 is 1.91 bits per heavy atom. The Hall–Kier alpha value is -2.45. The molecule has 1 heterocycles. The fourth-order valence-electron chi connectivity index (χ4n) is 1.88. The molecule has 0 bridgehead atoms. The minimum Gasteiger partial charge on any atom is -0.366 e. The SMILES string of the molecule is C=CCNc1ccnc(NCCc2ccc(S(N)(=O)=O)cc2)n1. The minimum atomic E-state index is -3.65. The van der Waals surface area contributed by atoms with Crippen LogP contribution in [0.3, 0.4) is 0 Å². The molecule has 0 aliphatic heterocycles. The summed E-state index contributed by atoms with van der Waals surface area (Å²) >= 11 is 0. The molecule has 8 heteroatoms. The summed E-state index contributed by atoms with van der Waals surface area (Å²) in [7, 11) is -3.65. The number of rotatable bonds is 8. The summed E-state index contributed by atoms with van der Waals surface area (Å²) in [6, 6.07) is 8.26. The first-order chi connectivity index (χ1) is 11.0. The average Bonchev–Trinajstić information content (AvgIpc) is 2.53. The van der Waals surface area contributed by atoms with E-state index < -0.39 is 10.0 Å². The highest BCUT2D eigenvalue weighted by molar-refractivity contribution is 7.89. The van der Waals surface area contributed by atoms with Crippen LogP contribution < -0.4 is 15.8 Å². The van der Waals surface area contributed by atoms with E-state index in [1.165, 1.54) is 12.1 Å². The zero-order valence-electron chi connectivity index (χ0n) is 12.6. The molecule has 23 heavy (non-hydrogen) atoms. The molecule has 2 rings (SSSR count). The topological polar surface area (TPSA) is 110 Å². The highest BCUT2D eigenvalue weighted by atomic mass is 32.2. The van der Waals surface area contributed by atoms with E-state index in [4.69, 9.17) is 5.14 Å². The van der Waals surface area contributed by atoms with Gasteiger partial charge in [0.05, 0.1) is 4.90 Å². The molecule has 0 saturated carbocycles. The van der Waals surface area contributed by atoms with Crippen LogP contribution in [0.25, 0.3) is 0 Å². The third-order valence-electron chi connectivity index (χ3n) is 3.03. The van der Waals surface area contributed by atoms with Gasteiger partial charge in [-0.25, -0.2) is 18.5 Å². The Morgan fingerprint density at radius 3 is 2.57 bits per heavy atom. The summed E-state index contributed by atoms with van der Waals surface area (Å²) in [5.41, 5.74) is 0.992. The molecule has 0 spiro atoms. The molecular formula is C15H19N5O2S. The van der Waals surface area contributed by atoms with Gasteiger partial charge >= 0.3 is 0 Å². The standard InChI is InChI=1S/C15H19N5O2S/c1-2-9-17-14-8-11-19-15(20-14)18-10-7-12-3-5-13(6-4-12)23(16,21)22/h2-6,8,11H,1,7,9-10H2,(H2,16,21,22)(H2,17,18,19,20). The first-order valence-corrected chi connectivity index (χ1v) is 8.57. The van der Waals surface area contributed by atoms with E-state index in [2.05, 4.69) is 27.2 Å². The van der Waals surface area contributed by atoms with Crippen molar-refractivity contribution < 1.29 is 8.42 Å². The predicted octanol–water partition coefficient (Wildman–Crippen LogP) is 1.38. The quantitative estimate of drug-likeness (QED) is 0.630. The third-order valence-corrected chi connectivity index (χ3v) is 3.96. The van der Waals surface area contributed by atoms with Crippen LogP contribution in [0.2, 0.25) is 0 Å². The Balaban J connectivity index is 1.88. The molecule has 1 aromatic carbocycles. The summed E-state index contributed by atoms with van der Waals surface area (Å²) in [5, 5.41) is 11.3. The molecule has 0 aliphatic carbocycles. The summed E-state index contributed by atoms with van der Waals surface area (Å²) in [4.78, 5) is 8.56. The number of anilines is 2. The van der Waals surface area contributed by atoms with Crippen molar-refractivity contribution in [1.29, 1.82) is 0 Å². The predicted molar refractivity (Wildman–Crippen MR) is 90.7 cm³/mol. The number of primary sulfonamides is 1. The zero-order valence-corrected chi connectivity index (χ0v) is 13.4. The second-order valence-electron chi connectivity index (χ2n) is 4.80. The smallest absolute Gasteiger partial charge is 0.238 e. The lowest BCUT2D eigenvalue weighted by Gasteiger charge is -2.07. The number of aromatic nitrogens is 2. The number of sulfonamides is 1. The van der Waals surface area contributed by atoms with E-state index in [9.17, 15) is 8.42 Å². The molecule has 0 atom stereocenters. The van der Waals surface area contributed by atoms with Crippen LogP contribution in [0, 0.1) is 0 Å². The van der Waals surface area contributed by atoms with Crippen LogP contribution >= 0.6 is 0 Å². The number of hydrogen-bond donors (Lipinski definition) is 3. The van der Waals surface area contributed by atoms with E-state index in [0.29, 0.717) is 25.5 Å². The van der Waals surface area contributed by atoms with Crippen molar-refractivity contribution in [2.75, 3.05) is 23.7 Å². The van der Waals surface area contributed by atoms with E-state index in [-0.39, 0.29) is 4.90 Å². The van der Waals surface area contributed by atoms with Gasteiger partial charge in [0, 0.05) is 19.3 Å². The van der Waals surface area contributed by atoms with Gasteiger partial charge < -0.3 is 10.6 Å². The van der Waals surface area contributed by atoms with Gasteiger partial charge in [0.2, 0.25) is 16.0 Å². The van der Waals surface area contributed by atoms with Crippen LogP contribution in [-0.2, 0) is 16.4 Å². The van der Waals surface area contributed by atoms with Gasteiger partial charge in [-0.15, -0.1) is 6.58 Å². The van der Waals surface area contributed by atoms with Gasteiger partial charge in [-0.05, 0) is 30.2 Å². The van der Waals surface area contributed by atoms with Gasteiger partial charge in [-0.1, -0.05) is 18.2 Å². The average molecular weight is 333 g/mol. The molecule has 0 unspecified atom stereocenters. The summed E-state index contributed by atoms with van der Waals surface area (Å²) < 4.78 is 22.4. The Kier molecular flexibility index (Phi) is 5.67. The third kappa shape index (κ3) is 5.35. The van der Waals surface area contributed by atoms with Crippen LogP contribution in [0.15, 0.2) is 54.1 Å². The first kappa shape index (κ1) is 16.9. The van der Waals surface area contributed by atoms with Crippen LogP contribution in [0.1, 0.15) is 5.56 Å². The van der Waals surface area contributed by atoms with Crippen LogP contribution in [-0.4, -0.2) is 31.5 Å². The number of nitrogens with one attached hydrogen (secondary N) is 2. The maximum Gasteiger partial charge on any atom is 0.238 e. The van der Waals surface area contributed by atoms with Crippen LogP contribution in [0.5, 0.6) is 0 Å². The zero-order chi connectivity index (χ0) is 16.7. The molecule has 1 aromatic heterocycles. The molecule has 0 fully saturated rings. The summed E-state index contributed by atoms with van der Waals surface area (Å²) in [6.07, 6.45) is 4.13. The van der Waals surface area contributed by atoms with Gasteiger partial charge in [0.1, 0.15) is 5.82 Å². The van der Waals surface area contributed by atoms with Gasteiger partial charge in [0.15, 0.2) is 0 Å². The van der Waals surface area contributed by atoms with E-state index in [0.717, 1.165) is 11.4 Å². The maximum absolute atomic E-state index is 11.2. The molecule has 0 radical (unpaired) electrons. The molecule has 0 saturated heterocycles. The van der Waals surface area contributed by atoms with Crippen molar-refractivity contribution in [3.63, 3.8) is 0 Å². The number of benzene rings is 1. The lowest BCUT2D eigenvalue weighted by atomic mass is 10.1. The molecule has 122 valence electrons. The second kappa shape index (κ2) is 7.70. The fraction of sp³-hybridized carbons (Fsp3) is 0.200. The number of nitrogens with zero attached hydrogens (tertiary/aromatic N) is 2. The largest absolute Gasteiger partial charge is 0.366 e. The Morgan fingerprint density at radius 1 is 1.17 bits per heavy atom. The van der Waals surface area contributed by atoms with E-state index in [1.54, 1.807) is 30.5 Å². The maximum atomic E-state index is 11.2. The number of hydrogen-bond acceptors (Lipinski definition) is 6. The lowest BCUT2D eigenvalue weighted by Crippen LogP contribution is -2.12. The number of nitrogens with two attached hydrogens (primary N) is 1. The van der Waals surface area contributed by atoms with Crippen molar-refractivity contribution in [2.45, 2.75) is 11.3 Å². The monoisotopic (exact) mass is 333 g/mol. The van der Waals surface area contributed by atoms with Crippen LogP contribution in [0.4, 0.5) is 11.8 Å². The van der Waals surface area contributed by atoms with Crippen molar-refractivity contribution >= 4 is 21.8 Å². The lowest BCUT2D eigenvalue weighted by molar-refractivity contribution is 0.598. The van der Waals surface area contributed by atoms with Gasteiger partial charge in [-0.3, -0.25) is 0 Å². The summed E-state index contributed by atoms with van der Waals surface area (Å²) in [6.45, 7) is 4.89. The van der Waals surface area contributed by atoms with Crippen molar-refractivity contribution in [2.24, 2.45) is 5.14 Å². The molecule has 2 aromatic rings. The Labute approximate surface area is 135 Å². The van der Waals surface area contributed by atoms with Crippen molar-refractivity contribution in [1.82, 2.24) is 9.97 Å². The second-order valence-corrected chi connectivity index (χ2v) is 6.36. The van der Waals surface area contributed by atoms with Crippen molar-refractivity contribution in [3.8, 4) is 0 Å². The van der Waals surface area contributed by atoms with E-state index in [1.807, 2.05) is 0 Å². The van der Waals surface area contributed by atoms with Gasteiger partial charge in [0.25, 0.3) is 0 Å². The highest BCUT2D eigenvalue weighted by Gasteiger charge is 2.06. The molecule has 0 amide bonds. The van der Waals surface area contributed by atoms with Gasteiger partial charge in [-0.2, -0.15) is 4.98 Å². The fourth-order valence-corrected chi connectivity index (χ4v) is 2.40. The highest BCUT2D eigenvalue weighted by Crippen LogP contribution is 2.10. The summed E-state index contributed by atoms with van der Waals surface area (Å²) in [5.74, 6) is 1.25. The molecule has 0 aliphatic rings. The normalized spacial score (nSPS) is 11.0. The molecule has 4 N–H and O–H groups in total. The molecular weight excluding hydrogens is 314 g/mol. The first-order valence-electron chi connectivity index (χ1n) is 7.02. The molecule has 7 nitrogen and oxygen atoms in total. The Bertz CT molecular complexity index is 760.